The van der Waals surface area contributed by atoms with Gasteiger partial charge in [-0.05, 0) is 19.8 Å². The minimum atomic E-state index is -3.64. The predicted octanol–water partition coefficient (Wildman–Crippen LogP) is 0.969. The van der Waals surface area contributed by atoms with Gasteiger partial charge in [0.15, 0.2) is 5.03 Å². The fourth-order valence-electron chi connectivity index (χ4n) is 2.01. The number of rotatable bonds is 5. The summed E-state index contributed by atoms with van der Waals surface area (Å²) in [5, 5.41) is 0.0327. The molecule has 8 heteroatoms. The third-order valence-electron chi connectivity index (χ3n) is 3.31. The van der Waals surface area contributed by atoms with Crippen LogP contribution in [0.15, 0.2) is 17.6 Å². The predicted molar refractivity (Wildman–Crippen MR) is 71.7 cm³/mol. The Kier molecular flexibility index (Phi) is 4.50. The largest absolute Gasteiger partial charge is 0.381 e. The van der Waals surface area contributed by atoms with Gasteiger partial charge in [-0.15, -0.1) is 11.6 Å². The van der Waals surface area contributed by atoms with Gasteiger partial charge in [0.05, 0.1) is 11.9 Å². The maximum Gasteiger partial charge on any atom is 0.260 e. The molecule has 0 atom stereocenters. The summed E-state index contributed by atoms with van der Waals surface area (Å²) in [6.45, 7) is 3.62. The molecule has 19 heavy (non-hydrogen) atoms. The van der Waals surface area contributed by atoms with E-state index < -0.39 is 15.6 Å². The number of halogens is 1. The number of ether oxygens (including phenoxy) is 1. The molecule has 108 valence electrons. The smallest absolute Gasteiger partial charge is 0.260 e. The average Bonchev–Trinajstić information content (AvgIpc) is 2.89. The van der Waals surface area contributed by atoms with Gasteiger partial charge < -0.3 is 9.30 Å². The lowest BCUT2D eigenvalue weighted by Gasteiger charge is -2.35. The summed E-state index contributed by atoms with van der Waals surface area (Å²) in [6.07, 6.45) is 4.17. The summed E-state index contributed by atoms with van der Waals surface area (Å²) in [7, 11) is -3.64. The number of hydrogen-bond acceptors (Lipinski definition) is 4. The molecule has 0 aromatic carbocycles. The number of aryl methyl sites for hydroxylation is 1. The highest BCUT2D eigenvalue weighted by Gasteiger charge is 2.37. The second-order valence-corrected chi connectivity index (χ2v) is 6.57. The van der Waals surface area contributed by atoms with Crippen LogP contribution in [-0.4, -0.2) is 42.6 Å². The zero-order chi connectivity index (χ0) is 13.9. The van der Waals surface area contributed by atoms with Crippen LogP contribution in [0.4, 0.5) is 0 Å². The summed E-state index contributed by atoms with van der Waals surface area (Å²) in [5.74, 6) is 0.226. The molecule has 0 bridgehead atoms. The quantitative estimate of drug-likeness (QED) is 0.823. The SMILES string of the molecule is CCn1cnc(S(=O)(=O)NC2(CCl)CCOCC2)c1. The molecular weight excluding hydrogens is 290 g/mol. The third-order valence-corrected chi connectivity index (χ3v) is 5.28. The molecular formula is C11H18ClN3O3S. The number of alkyl halides is 1. The van der Waals surface area contributed by atoms with Crippen molar-refractivity contribution in [3.63, 3.8) is 0 Å². The highest BCUT2D eigenvalue weighted by atomic mass is 35.5. The fourth-order valence-corrected chi connectivity index (χ4v) is 3.84. The lowest BCUT2D eigenvalue weighted by Crippen LogP contribution is -2.53. The Morgan fingerprint density at radius 2 is 2.21 bits per heavy atom. The summed E-state index contributed by atoms with van der Waals surface area (Å²) in [6, 6.07) is 0. The second kappa shape index (κ2) is 5.78. The number of nitrogens with zero attached hydrogens (tertiary/aromatic N) is 2. The van der Waals surface area contributed by atoms with Gasteiger partial charge in [-0.3, -0.25) is 0 Å². The summed E-state index contributed by atoms with van der Waals surface area (Å²) in [4.78, 5) is 3.93. The highest BCUT2D eigenvalue weighted by Crippen LogP contribution is 2.24. The minimum Gasteiger partial charge on any atom is -0.381 e. The van der Waals surface area contributed by atoms with Crippen LogP contribution >= 0.6 is 11.6 Å². The number of nitrogens with one attached hydrogen (secondary N) is 1. The number of aromatic nitrogens is 2. The molecule has 1 N–H and O–H groups in total. The highest BCUT2D eigenvalue weighted by molar-refractivity contribution is 7.89. The number of hydrogen-bond donors (Lipinski definition) is 1. The molecule has 0 unspecified atom stereocenters. The Morgan fingerprint density at radius 1 is 1.53 bits per heavy atom. The van der Waals surface area contributed by atoms with Crippen molar-refractivity contribution in [1.29, 1.82) is 0 Å². The van der Waals surface area contributed by atoms with E-state index in [9.17, 15) is 8.42 Å². The van der Waals surface area contributed by atoms with E-state index in [4.69, 9.17) is 16.3 Å². The molecule has 0 aliphatic carbocycles. The van der Waals surface area contributed by atoms with Gasteiger partial charge in [0.25, 0.3) is 10.0 Å². The topological polar surface area (TPSA) is 73.2 Å². The minimum absolute atomic E-state index is 0.0327. The summed E-state index contributed by atoms with van der Waals surface area (Å²) >= 11 is 5.96. The van der Waals surface area contributed by atoms with Gasteiger partial charge in [0.1, 0.15) is 0 Å². The zero-order valence-corrected chi connectivity index (χ0v) is 12.4. The van der Waals surface area contributed by atoms with Crippen LogP contribution < -0.4 is 4.72 Å². The molecule has 1 aliphatic heterocycles. The van der Waals surface area contributed by atoms with Gasteiger partial charge in [-0.2, -0.15) is 0 Å². The molecule has 1 fully saturated rings. The van der Waals surface area contributed by atoms with Crippen molar-refractivity contribution >= 4 is 21.6 Å². The Morgan fingerprint density at radius 3 is 2.74 bits per heavy atom. The molecule has 0 saturated carbocycles. The molecule has 0 radical (unpaired) electrons. The van der Waals surface area contributed by atoms with Crippen LogP contribution in [-0.2, 0) is 21.3 Å². The molecule has 1 aliphatic rings. The van der Waals surface area contributed by atoms with E-state index in [1.54, 1.807) is 4.57 Å². The van der Waals surface area contributed by atoms with E-state index in [2.05, 4.69) is 9.71 Å². The van der Waals surface area contributed by atoms with E-state index in [0.717, 1.165) is 0 Å². The Labute approximate surface area is 118 Å². The van der Waals surface area contributed by atoms with Gasteiger partial charge in [-0.25, -0.2) is 18.1 Å². The first kappa shape index (κ1) is 14.8. The van der Waals surface area contributed by atoms with Crippen LogP contribution in [0.1, 0.15) is 19.8 Å². The standard InChI is InChI=1S/C11H18ClN3O3S/c1-2-15-7-10(13-9-15)19(16,17)14-11(8-12)3-5-18-6-4-11/h7,9,14H,2-6,8H2,1H3. The number of sulfonamides is 1. The molecule has 1 aromatic heterocycles. The van der Waals surface area contributed by atoms with Gasteiger partial charge in [0, 0.05) is 31.8 Å². The molecule has 1 aromatic rings. The van der Waals surface area contributed by atoms with Gasteiger partial charge in [-0.1, -0.05) is 0 Å². The first-order valence-electron chi connectivity index (χ1n) is 6.21. The van der Waals surface area contributed by atoms with Crippen LogP contribution in [0.2, 0.25) is 0 Å². The lowest BCUT2D eigenvalue weighted by atomic mass is 9.94. The van der Waals surface area contributed by atoms with Crippen molar-refractivity contribution in [2.75, 3.05) is 19.1 Å². The van der Waals surface area contributed by atoms with Crippen LogP contribution in [0, 0.1) is 0 Å². The maximum absolute atomic E-state index is 12.3. The second-order valence-electron chi connectivity index (χ2n) is 4.67. The van der Waals surface area contributed by atoms with Gasteiger partial charge >= 0.3 is 0 Å². The van der Waals surface area contributed by atoms with Crippen LogP contribution in [0.3, 0.4) is 0 Å². The molecule has 0 spiro atoms. The Balaban J connectivity index is 2.19. The molecule has 2 heterocycles. The Bertz CT molecular complexity index is 523. The van der Waals surface area contributed by atoms with E-state index >= 15 is 0 Å². The summed E-state index contributed by atoms with van der Waals surface area (Å²) < 4.78 is 34.3. The normalized spacial score (nSPS) is 19.5. The van der Waals surface area contributed by atoms with E-state index in [-0.39, 0.29) is 10.9 Å². The Hall–Kier alpha value is -0.630. The zero-order valence-electron chi connectivity index (χ0n) is 10.8. The van der Waals surface area contributed by atoms with E-state index in [1.165, 1.54) is 12.5 Å². The lowest BCUT2D eigenvalue weighted by molar-refractivity contribution is 0.0549. The van der Waals surface area contributed by atoms with Crippen LogP contribution in [0.5, 0.6) is 0 Å². The van der Waals surface area contributed by atoms with Gasteiger partial charge in [0.2, 0.25) is 0 Å². The average molecular weight is 308 g/mol. The molecule has 6 nitrogen and oxygen atoms in total. The molecule has 0 amide bonds. The van der Waals surface area contributed by atoms with Crippen molar-refractivity contribution in [2.24, 2.45) is 0 Å². The fraction of sp³-hybridized carbons (Fsp3) is 0.727. The van der Waals surface area contributed by atoms with E-state index in [1.807, 2.05) is 6.92 Å². The molecule has 2 rings (SSSR count). The van der Waals surface area contributed by atoms with Crippen LogP contribution in [0.25, 0.3) is 0 Å². The third kappa shape index (κ3) is 3.28. The van der Waals surface area contributed by atoms with Crippen molar-refractivity contribution in [2.45, 2.75) is 36.9 Å². The first-order chi connectivity index (χ1) is 9.01. The maximum atomic E-state index is 12.3. The van der Waals surface area contributed by atoms with Crippen molar-refractivity contribution in [3.05, 3.63) is 12.5 Å². The van der Waals surface area contributed by atoms with Crippen molar-refractivity contribution in [3.8, 4) is 0 Å². The van der Waals surface area contributed by atoms with E-state index in [0.29, 0.717) is 32.6 Å². The van der Waals surface area contributed by atoms with Crippen molar-refractivity contribution in [1.82, 2.24) is 14.3 Å². The first-order valence-corrected chi connectivity index (χ1v) is 8.22. The number of imidazole rings is 1. The monoisotopic (exact) mass is 307 g/mol. The molecule has 1 saturated heterocycles. The van der Waals surface area contributed by atoms with Crippen molar-refractivity contribution < 1.29 is 13.2 Å². The summed E-state index contributed by atoms with van der Waals surface area (Å²) in [5.41, 5.74) is -0.630.